The monoisotopic (exact) mass is 291 g/mol. The van der Waals surface area contributed by atoms with Crippen LogP contribution in [0.5, 0.6) is 11.5 Å². The number of ether oxygens (including phenoxy) is 2. The minimum Gasteiger partial charge on any atom is -0.490 e. The summed E-state index contributed by atoms with van der Waals surface area (Å²) in [4.78, 5) is 0. The van der Waals surface area contributed by atoms with Crippen molar-refractivity contribution in [2.45, 2.75) is 77.7 Å². The van der Waals surface area contributed by atoms with Crippen LogP contribution in [0, 0.1) is 0 Å². The SMILES string of the molecule is CC(C)(C)NC1CC(Oc2ccc(OC(C)(C)C)cc2)C1. The zero-order chi connectivity index (χ0) is 15.7. The van der Waals surface area contributed by atoms with Gasteiger partial charge in [-0.05, 0) is 78.6 Å². The first-order chi connectivity index (χ1) is 9.61. The topological polar surface area (TPSA) is 30.5 Å². The van der Waals surface area contributed by atoms with Gasteiger partial charge in [0.1, 0.15) is 23.2 Å². The third-order valence-corrected chi connectivity index (χ3v) is 3.28. The van der Waals surface area contributed by atoms with Crippen molar-refractivity contribution in [2.75, 3.05) is 0 Å². The van der Waals surface area contributed by atoms with E-state index >= 15 is 0 Å². The van der Waals surface area contributed by atoms with Crippen molar-refractivity contribution in [1.29, 1.82) is 0 Å². The Morgan fingerprint density at radius 1 is 0.905 bits per heavy atom. The lowest BCUT2D eigenvalue weighted by Gasteiger charge is -2.40. The van der Waals surface area contributed by atoms with Gasteiger partial charge in [0.15, 0.2) is 0 Å². The molecule has 1 N–H and O–H groups in total. The van der Waals surface area contributed by atoms with Gasteiger partial charge in [-0.25, -0.2) is 0 Å². The first-order valence-electron chi connectivity index (χ1n) is 7.84. The predicted octanol–water partition coefficient (Wildman–Crippen LogP) is 4.16. The molecule has 0 unspecified atom stereocenters. The molecule has 0 spiro atoms. The molecule has 2 rings (SSSR count). The molecule has 1 aliphatic carbocycles. The molecule has 0 bridgehead atoms. The van der Waals surface area contributed by atoms with Gasteiger partial charge >= 0.3 is 0 Å². The molecule has 0 aromatic heterocycles. The van der Waals surface area contributed by atoms with E-state index in [1.807, 2.05) is 45.0 Å². The van der Waals surface area contributed by atoms with E-state index in [1.54, 1.807) is 0 Å². The molecule has 0 saturated heterocycles. The van der Waals surface area contributed by atoms with Crippen LogP contribution in [0.3, 0.4) is 0 Å². The minimum absolute atomic E-state index is 0.164. The van der Waals surface area contributed by atoms with Crippen molar-refractivity contribution in [3.05, 3.63) is 24.3 Å². The van der Waals surface area contributed by atoms with E-state index in [-0.39, 0.29) is 11.1 Å². The Bertz CT molecular complexity index is 448. The van der Waals surface area contributed by atoms with Gasteiger partial charge in [-0.15, -0.1) is 0 Å². The summed E-state index contributed by atoms with van der Waals surface area (Å²) in [6.45, 7) is 12.8. The molecule has 1 saturated carbocycles. The molecule has 0 radical (unpaired) electrons. The van der Waals surface area contributed by atoms with Crippen molar-refractivity contribution in [3.8, 4) is 11.5 Å². The summed E-state index contributed by atoms with van der Waals surface area (Å²) < 4.78 is 11.8. The maximum atomic E-state index is 5.98. The standard InChI is InChI=1S/C18H29NO2/c1-17(2,3)19-13-11-16(12-13)20-14-7-9-15(10-8-14)21-18(4,5)6/h7-10,13,16,19H,11-12H2,1-6H3. The van der Waals surface area contributed by atoms with E-state index in [2.05, 4.69) is 26.1 Å². The Morgan fingerprint density at radius 3 is 1.90 bits per heavy atom. The number of hydrogen-bond donors (Lipinski definition) is 1. The lowest BCUT2D eigenvalue weighted by molar-refractivity contribution is 0.0731. The van der Waals surface area contributed by atoms with E-state index in [9.17, 15) is 0 Å². The fraction of sp³-hybridized carbons (Fsp3) is 0.667. The summed E-state index contributed by atoms with van der Waals surface area (Å²) in [7, 11) is 0. The first kappa shape index (κ1) is 16.2. The highest BCUT2D eigenvalue weighted by Crippen LogP contribution is 2.29. The number of rotatable bonds is 4. The molecule has 1 fully saturated rings. The Hall–Kier alpha value is -1.22. The Labute approximate surface area is 129 Å². The van der Waals surface area contributed by atoms with Gasteiger partial charge < -0.3 is 14.8 Å². The maximum absolute atomic E-state index is 5.98. The summed E-state index contributed by atoms with van der Waals surface area (Å²) in [5.74, 6) is 1.81. The molecule has 0 amide bonds. The van der Waals surface area contributed by atoms with Crippen molar-refractivity contribution >= 4 is 0 Å². The van der Waals surface area contributed by atoms with Crippen LogP contribution in [0.15, 0.2) is 24.3 Å². The van der Waals surface area contributed by atoms with Crippen molar-refractivity contribution in [3.63, 3.8) is 0 Å². The quantitative estimate of drug-likeness (QED) is 0.903. The molecule has 1 aromatic carbocycles. The molecular weight excluding hydrogens is 262 g/mol. The largest absolute Gasteiger partial charge is 0.490 e. The Morgan fingerprint density at radius 2 is 1.43 bits per heavy atom. The van der Waals surface area contributed by atoms with Gasteiger partial charge in [-0.2, -0.15) is 0 Å². The smallest absolute Gasteiger partial charge is 0.120 e. The zero-order valence-electron chi connectivity index (χ0n) is 14.2. The number of hydrogen-bond acceptors (Lipinski definition) is 3. The average molecular weight is 291 g/mol. The molecule has 0 heterocycles. The van der Waals surface area contributed by atoms with Gasteiger partial charge in [0, 0.05) is 11.6 Å². The van der Waals surface area contributed by atoms with E-state index in [0.29, 0.717) is 12.1 Å². The van der Waals surface area contributed by atoms with Gasteiger partial charge in [0.05, 0.1) is 0 Å². The maximum Gasteiger partial charge on any atom is 0.120 e. The van der Waals surface area contributed by atoms with Crippen LogP contribution < -0.4 is 14.8 Å². The molecule has 118 valence electrons. The lowest BCUT2D eigenvalue weighted by atomic mass is 9.87. The third kappa shape index (κ3) is 5.58. The second-order valence-corrected chi connectivity index (χ2v) is 7.99. The van der Waals surface area contributed by atoms with Crippen molar-refractivity contribution in [1.82, 2.24) is 5.32 Å². The molecule has 1 aliphatic rings. The van der Waals surface area contributed by atoms with Crippen LogP contribution in [0.25, 0.3) is 0 Å². The van der Waals surface area contributed by atoms with Crippen LogP contribution in [0.4, 0.5) is 0 Å². The summed E-state index contributed by atoms with van der Waals surface area (Å²) in [5, 5.41) is 3.61. The van der Waals surface area contributed by atoms with E-state index in [4.69, 9.17) is 9.47 Å². The summed E-state index contributed by atoms with van der Waals surface area (Å²) in [6, 6.07) is 8.52. The van der Waals surface area contributed by atoms with Gasteiger partial charge in [-0.3, -0.25) is 0 Å². The highest BCUT2D eigenvalue weighted by atomic mass is 16.5. The summed E-state index contributed by atoms with van der Waals surface area (Å²) in [6.07, 6.45) is 2.49. The molecule has 3 nitrogen and oxygen atoms in total. The first-order valence-corrected chi connectivity index (χ1v) is 7.84. The second kappa shape index (κ2) is 5.88. The molecule has 0 aliphatic heterocycles. The molecule has 3 heteroatoms. The third-order valence-electron chi connectivity index (χ3n) is 3.28. The highest BCUT2D eigenvalue weighted by Gasteiger charge is 2.33. The van der Waals surface area contributed by atoms with Crippen LogP contribution in [0.1, 0.15) is 54.4 Å². The number of nitrogens with one attached hydrogen (secondary N) is 1. The second-order valence-electron chi connectivity index (χ2n) is 7.99. The lowest BCUT2D eigenvalue weighted by Crippen LogP contribution is -2.53. The zero-order valence-corrected chi connectivity index (χ0v) is 14.2. The van der Waals surface area contributed by atoms with Crippen LogP contribution in [-0.2, 0) is 0 Å². The molecule has 21 heavy (non-hydrogen) atoms. The van der Waals surface area contributed by atoms with Gasteiger partial charge in [0.2, 0.25) is 0 Å². The highest BCUT2D eigenvalue weighted by molar-refractivity contribution is 5.32. The molecule has 0 atom stereocenters. The fourth-order valence-corrected chi connectivity index (χ4v) is 2.52. The van der Waals surface area contributed by atoms with Crippen LogP contribution in [0.2, 0.25) is 0 Å². The average Bonchev–Trinajstić information content (AvgIpc) is 2.25. The van der Waals surface area contributed by atoms with Crippen molar-refractivity contribution in [2.24, 2.45) is 0 Å². The van der Waals surface area contributed by atoms with Gasteiger partial charge in [-0.1, -0.05) is 0 Å². The van der Waals surface area contributed by atoms with Crippen LogP contribution in [-0.4, -0.2) is 23.3 Å². The van der Waals surface area contributed by atoms with Crippen molar-refractivity contribution < 1.29 is 9.47 Å². The summed E-state index contributed by atoms with van der Waals surface area (Å²) in [5.41, 5.74) is 0.0176. The minimum atomic E-state index is -0.164. The molecular formula is C18H29NO2. The Kier molecular flexibility index (Phi) is 4.52. The molecule has 1 aromatic rings. The predicted molar refractivity (Wildman–Crippen MR) is 87.1 cm³/mol. The summed E-state index contributed by atoms with van der Waals surface area (Å²) >= 11 is 0. The normalized spacial score (nSPS) is 22.6. The van der Waals surface area contributed by atoms with E-state index < -0.39 is 0 Å². The van der Waals surface area contributed by atoms with E-state index in [0.717, 1.165) is 24.3 Å². The van der Waals surface area contributed by atoms with Gasteiger partial charge in [0.25, 0.3) is 0 Å². The van der Waals surface area contributed by atoms with E-state index in [1.165, 1.54) is 0 Å². The van der Waals surface area contributed by atoms with Crippen LogP contribution >= 0.6 is 0 Å². The fourth-order valence-electron chi connectivity index (χ4n) is 2.52. The number of benzene rings is 1. The Balaban J connectivity index is 1.78.